The molecule has 0 atom stereocenters. The van der Waals surface area contributed by atoms with Crippen LogP contribution in [0.1, 0.15) is 46.3 Å². The van der Waals surface area contributed by atoms with Gasteiger partial charge in [0, 0.05) is 65.2 Å². The van der Waals surface area contributed by atoms with Gasteiger partial charge in [0.1, 0.15) is 24.4 Å². The largest absolute Gasteiger partial charge is 0.456 e. The van der Waals surface area contributed by atoms with E-state index in [2.05, 4.69) is 95.5 Å². The van der Waals surface area contributed by atoms with Gasteiger partial charge in [0.05, 0.1) is 12.5 Å². The van der Waals surface area contributed by atoms with Crippen LogP contribution in [0.25, 0.3) is 33.4 Å². The van der Waals surface area contributed by atoms with Crippen LogP contribution in [0.4, 0.5) is 5.69 Å². The number of thioether (sulfide) groups is 1. The number of hydrogen-bond acceptors (Lipinski definition) is 4. The van der Waals surface area contributed by atoms with E-state index in [-0.39, 0.29) is 5.78 Å². The highest BCUT2D eigenvalue weighted by Crippen LogP contribution is 2.42. The first kappa shape index (κ1) is 27.0. The summed E-state index contributed by atoms with van der Waals surface area (Å²) in [5, 5.41) is 2.30. The summed E-state index contributed by atoms with van der Waals surface area (Å²) in [4.78, 5) is 15.9. The van der Waals surface area contributed by atoms with Crippen molar-refractivity contribution >= 4 is 34.2 Å². The quantitative estimate of drug-likeness (QED) is 0.109. The van der Waals surface area contributed by atoms with Crippen LogP contribution in [-0.2, 0) is 12.2 Å². The predicted molar refractivity (Wildman–Crippen MR) is 176 cm³/mol. The van der Waals surface area contributed by atoms with Gasteiger partial charge in [-0.15, -0.1) is 0 Å². The molecule has 3 aliphatic heterocycles. The number of anilines is 1. The van der Waals surface area contributed by atoms with Gasteiger partial charge in [0.25, 0.3) is 0 Å². The highest BCUT2D eigenvalue weighted by atomic mass is 32.2. The molecule has 3 aromatic rings. The minimum absolute atomic E-state index is 0.179. The molecule has 4 nitrogen and oxygen atoms in total. The lowest BCUT2D eigenvalue weighted by Gasteiger charge is -2.33. The molecular formula is C37H37N2O2S+. The number of aryl methyl sites for hydroxylation is 2. The van der Waals surface area contributed by atoms with Crippen molar-refractivity contribution in [1.82, 2.24) is 4.58 Å². The molecule has 5 heteroatoms. The van der Waals surface area contributed by atoms with E-state index in [0.29, 0.717) is 6.42 Å². The van der Waals surface area contributed by atoms with Crippen LogP contribution in [-0.4, -0.2) is 38.2 Å². The molecule has 0 bridgehead atoms. The number of carbonyl (C=O) groups is 1. The van der Waals surface area contributed by atoms with Crippen molar-refractivity contribution in [1.29, 1.82) is 0 Å². The summed E-state index contributed by atoms with van der Waals surface area (Å²) in [6.07, 6.45) is 5.83. The Kier molecular flexibility index (Phi) is 7.37. The van der Waals surface area contributed by atoms with Gasteiger partial charge in [-0.05, 0) is 72.5 Å². The molecular weight excluding hydrogens is 536 g/mol. The molecule has 2 fully saturated rings. The van der Waals surface area contributed by atoms with E-state index in [1.165, 1.54) is 35.0 Å². The summed E-state index contributed by atoms with van der Waals surface area (Å²) in [5.41, 5.74) is 9.89. The van der Waals surface area contributed by atoms with Gasteiger partial charge < -0.3 is 9.32 Å². The van der Waals surface area contributed by atoms with E-state index < -0.39 is 0 Å². The topological polar surface area (TPSA) is 36.5 Å². The maximum Gasteiger partial charge on any atom is 0.203 e. The molecule has 0 spiro atoms. The van der Waals surface area contributed by atoms with Gasteiger partial charge >= 0.3 is 0 Å². The van der Waals surface area contributed by atoms with Crippen molar-refractivity contribution in [2.24, 2.45) is 0 Å². The lowest BCUT2D eigenvalue weighted by atomic mass is 9.89. The molecule has 0 unspecified atom stereocenters. The first-order chi connectivity index (χ1) is 20.6. The summed E-state index contributed by atoms with van der Waals surface area (Å²) < 4.78 is 9.03. The fraction of sp³-hybridized carbons (Fsp3) is 0.297. The molecule has 7 rings (SSSR count). The molecule has 0 N–H and O–H groups in total. The Labute approximate surface area is 252 Å². The van der Waals surface area contributed by atoms with Gasteiger partial charge in [-0.25, -0.2) is 4.58 Å². The molecule has 0 amide bonds. The zero-order valence-corrected chi connectivity index (χ0v) is 25.3. The van der Waals surface area contributed by atoms with Crippen LogP contribution < -0.4 is 14.8 Å². The maximum atomic E-state index is 13.5. The number of Topliss-reactive ketones (excluding diaryl/α,β-unsaturated/α-hetero) is 1. The fourth-order valence-electron chi connectivity index (χ4n) is 6.14. The van der Waals surface area contributed by atoms with Crippen molar-refractivity contribution in [3.63, 3.8) is 0 Å². The molecule has 3 heterocycles. The zero-order chi connectivity index (χ0) is 28.6. The first-order valence-corrected chi connectivity index (χ1v) is 16.5. The Morgan fingerprint density at radius 2 is 1.69 bits per heavy atom. The van der Waals surface area contributed by atoms with Crippen molar-refractivity contribution in [3.8, 4) is 22.5 Å². The molecule has 42 heavy (non-hydrogen) atoms. The molecule has 0 aromatic heterocycles. The van der Waals surface area contributed by atoms with Gasteiger partial charge in [-0.3, -0.25) is 4.79 Å². The number of rotatable bonds is 8. The fourth-order valence-corrected chi connectivity index (χ4v) is 6.66. The summed E-state index contributed by atoms with van der Waals surface area (Å²) >= 11 is 1.82. The Morgan fingerprint density at radius 1 is 0.881 bits per heavy atom. The van der Waals surface area contributed by atoms with Gasteiger partial charge in [-0.1, -0.05) is 36.4 Å². The number of benzene rings is 4. The summed E-state index contributed by atoms with van der Waals surface area (Å²) in [6, 6.07) is 28.1. The second kappa shape index (κ2) is 11.4. The normalized spacial score (nSPS) is 14.7. The van der Waals surface area contributed by atoms with Gasteiger partial charge in [-0.2, -0.15) is 11.8 Å². The lowest BCUT2D eigenvalue weighted by Crippen LogP contribution is -2.40. The van der Waals surface area contributed by atoms with E-state index >= 15 is 0 Å². The van der Waals surface area contributed by atoms with Crippen LogP contribution in [0.3, 0.4) is 0 Å². The third kappa shape index (κ3) is 5.15. The molecule has 2 saturated heterocycles. The molecule has 3 aromatic carbocycles. The van der Waals surface area contributed by atoms with Crippen LogP contribution in [0.5, 0.6) is 0 Å². The third-order valence-corrected chi connectivity index (χ3v) is 9.56. The average molecular weight is 574 g/mol. The van der Waals surface area contributed by atoms with Crippen LogP contribution in [0.2, 0.25) is 0 Å². The van der Waals surface area contributed by atoms with E-state index in [4.69, 9.17) is 4.42 Å². The molecule has 1 aliphatic carbocycles. The highest BCUT2D eigenvalue weighted by molar-refractivity contribution is 7.97. The van der Waals surface area contributed by atoms with Gasteiger partial charge in [0.15, 0.2) is 5.78 Å². The highest BCUT2D eigenvalue weighted by Gasteiger charge is 2.24. The molecule has 212 valence electrons. The van der Waals surface area contributed by atoms with Crippen molar-refractivity contribution < 1.29 is 9.21 Å². The maximum absolute atomic E-state index is 13.5. The third-order valence-electron chi connectivity index (χ3n) is 8.94. The van der Waals surface area contributed by atoms with E-state index in [1.807, 2.05) is 17.8 Å². The number of fused-ring (bicyclic) bond motifs is 2. The smallest absolute Gasteiger partial charge is 0.203 e. The Morgan fingerprint density at radius 3 is 2.40 bits per heavy atom. The second-order valence-corrected chi connectivity index (χ2v) is 12.6. The molecule has 0 radical (unpaired) electrons. The van der Waals surface area contributed by atoms with E-state index in [0.717, 1.165) is 82.9 Å². The van der Waals surface area contributed by atoms with Crippen molar-refractivity contribution in [2.75, 3.05) is 37.3 Å². The summed E-state index contributed by atoms with van der Waals surface area (Å²) in [7, 11) is 0. The number of ketones is 1. The molecule has 4 aliphatic rings. The summed E-state index contributed by atoms with van der Waals surface area (Å²) in [5.74, 6) is 2.09. The number of hydrogen-bond donors (Lipinski definition) is 0. The first-order valence-electron chi connectivity index (χ1n) is 15.1. The SMILES string of the molecule is CSCc1ccc(CCC(=O)c2ccc(C)c(-c3c4ccc(=[N+]5CCC5)cc-4oc4cc(N5CCC5)ccc34)c2)cc1. The lowest BCUT2D eigenvalue weighted by molar-refractivity contribution is 0.0983. The standard InChI is InChI=1S/C37H37N2O2S/c1-25-5-11-28(34(40)16-10-26-6-8-27(9-7-26)24-42-2)21-33(25)37-31-14-12-29(38-17-3-18-38)22-35(31)41-36-23-30(13-15-32(36)37)39-19-4-20-39/h5-9,11-15,21-23H,3-4,10,16-20,24H2,1-2H3/q+1. The second-order valence-electron chi connectivity index (χ2n) is 11.7. The number of nitrogens with zero attached hydrogens (tertiary/aromatic N) is 2. The van der Waals surface area contributed by atoms with E-state index in [1.54, 1.807) is 0 Å². The van der Waals surface area contributed by atoms with Gasteiger partial charge in [0.2, 0.25) is 5.36 Å². The number of carbonyl (C=O) groups excluding carboxylic acids is 1. The Balaban J connectivity index is 1.29. The zero-order valence-electron chi connectivity index (χ0n) is 24.5. The van der Waals surface area contributed by atoms with Crippen LogP contribution in [0, 0.1) is 6.92 Å². The Hall–Kier alpha value is -3.83. The minimum atomic E-state index is 0.179. The summed E-state index contributed by atoms with van der Waals surface area (Å²) in [6.45, 7) is 6.52. The average Bonchev–Trinajstić information content (AvgIpc) is 2.94. The Bertz CT molecular complexity index is 1830. The monoisotopic (exact) mass is 573 g/mol. The van der Waals surface area contributed by atoms with Crippen LogP contribution >= 0.6 is 11.8 Å². The van der Waals surface area contributed by atoms with Crippen molar-refractivity contribution in [3.05, 3.63) is 106 Å². The van der Waals surface area contributed by atoms with Crippen molar-refractivity contribution in [2.45, 2.75) is 38.4 Å². The van der Waals surface area contributed by atoms with Crippen LogP contribution in [0.15, 0.2) is 83.3 Å². The molecule has 0 saturated carbocycles. The predicted octanol–water partition coefficient (Wildman–Crippen LogP) is 7.58. The minimum Gasteiger partial charge on any atom is -0.456 e. The van der Waals surface area contributed by atoms with E-state index in [9.17, 15) is 4.79 Å².